The molecule has 2 rings (SSSR count). The molecular weight excluding hydrogens is 254 g/mol. The van der Waals surface area contributed by atoms with E-state index in [0.717, 1.165) is 5.82 Å². The first kappa shape index (κ1) is 12.4. The standard InChI is InChI=1S/C10H11N5O2S/c1-6-12-10(14-13-6)18-5-7-4-8(15(16)17)2-3-9(7)11/h2-4H,5,11H2,1H3,(H,12,13,14). The molecule has 94 valence electrons. The fourth-order valence-corrected chi connectivity index (χ4v) is 2.21. The summed E-state index contributed by atoms with van der Waals surface area (Å²) < 4.78 is 0. The van der Waals surface area contributed by atoms with E-state index in [9.17, 15) is 10.1 Å². The molecule has 0 saturated carbocycles. The number of H-pyrrole nitrogens is 1. The zero-order valence-corrected chi connectivity index (χ0v) is 10.4. The number of nitrogens with one attached hydrogen (secondary N) is 1. The molecule has 3 N–H and O–H groups in total. The summed E-state index contributed by atoms with van der Waals surface area (Å²) in [4.78, 5) is 14.4. The van der Waals surface area contributed by atoms with Crippen LogP contribution >= 0.6 is 11.8 Å². The average molecular weight is 265 g/mol. The molecule has 18 heavy (non-hydrogen) atoms. The van der Waals surface area contributed by atoms with Gasteiger partial charge in [0.1, 0.15) is 5.82 Å². The van der Waals surface area contributed by atoms with Gasteiger partial charge in [0.05, 0.1) is 4.92 Å². The van der Waals surface area contributed by atoms with E-state index >= 15 is 0 Å². The molecule has 7 nitrogen and oxygen atoms in total. The van der Waals surface area contributed by atoms with Gasteiger partial charge in [-0.05, 0) is 18.6 Å². The van der Waals surface area contributed by atoms with Gasteiger partial charge in [0, 0.05) is 23.6 Å². The van der Waals surface area contributed by atoms with Crippen molar-refractivity contribution in [2.45, 2.75) is 17.8 Å². The molecule has 0 bridgehead atoms. The van der Waals surface area contributed by atoms with Gasteiger partial charge >= 0.3 is 0 Å². The molecule has 1 heterocycles. The van der Waals surface area contributed by atoms with Crippen LogP contribution in [0.2, 0.25) is 0 Å². The SMILES string of the molecule is Cc1nc(SCc2cc([N+](=O)[O-])ccc2N)n[nH]1. The number of aromatic amines is 1. The molecule has 0 spiro atoms. The Hall–Kier alpha value is -2.09. The van der Waals surface area contributed by atoms with Gasteiger partial charge < -0.3 is 5.73 Å². The van der Waals surface area contributed by atoms with Gasteiger partial charge in [-0.1, -0.05) is 11.8 Å². The predicted octanol–water partition coefficient (Wildman–Crippen LogP) is 1.90. The van der Waals surface area contributed by atoms with Gasteiger partial charge in [-0.2, -0.15) is 0 Å². The summed E-state index contributed by atoms with van der Waals surface area (Å²) in [5.74, 6) is 1.22. The van der Waals surface area contributed by atoms with Crippen LogP contribution in [0.15, 0.2) is 23.4 Å². The Morgan fingerprint density at radius 1 is 1.56 bits per heavy atom. The van der Waals surface area contributed by atoms with E-state index < -0.39 is 4.92 Å². The monoisotopic (exact) mass is 265 g/mol. The van der Waals surface area contributed by atoms with Gasteiger partial charge in [-0.15, -0.1) is 5.10 Å². The van der Waals surface area contributed by atoms with Crippen molar-refractivity contribution < 1.29 is 4.92 Å². The highest BCUT2D eigenvalue weighted by Crippen LogP contribution is 2.26. The van der Waals surface area contributed by atoms with Crippen molar-refractivity contribution in [3.05, 3.63) is 39.7 Å². The van der Waals surface area contributed by atoms with E-state index in [2.05, 4.69) is 15.2 Å². The number of rotatable bonds is 4. The van der Waals surface area contributed by atoms with Crippen molar-refractivity contribution in [3.8, 4) is 0 Å². The Bertz CT molecular complexity index is 583. The molecular formula is C10H11N5O2S. The summed E-state index contributed by atoms with van der Waals surface area (Å²) in [6.07, 6.45) is 0. The third-order valence-corrected chi connectivity index (χ3v) is 3.17. The van der Waals surface area contributed by atoms with Crippen LogP contribution in [-0.2, 0) is 5.75 Å². The molecule has 0 amide bonds. The van der Waals surface area contributed by atoms with Gasteiger partial charge in [-0.25, -0.2) is 4.98 Å². The molecule has 2 aromatic rings. The maximum atomic E-state index is 10.7. The second-order valence-corrected chi connectivity index (χ2v) is 4.57. The highest BCUT2D eigenvalue weighted by Gasteiger charge is 2.10. The van der Waals surface area contributed by atoms with Crippen LogP contribution in [0.1, 0.15) is 11.4 Å². The van der Waals surface area contributed by atoms with E-state index in [1.807, 2.05) is 0 Å². The minimum atomic E-state index is -0.440. The lowest BCUT2D eigenvalue weighted by molar-refractivity contribution is -0.384. The molecule has 0 aliphatic carbocycles. The number of aromatic nitrogens is 3. The van der Waals surface area contributed by atoms with Crippen molar-refractivity contribution in [2.24, 2.45) is 0 Å². The summed E-state index contributed by atoms with van der Waals surface area (Å²) in [6, 6.07) is 4.40. The first-order chi connectivity index (χ1) is 8.56. The Balaban J connectivity index is 2.13. The normalized spacial score (nSPS) is 10.5. The van der Waals surface area contributed by atoms with Gasteiger partial charge in [0.2, 0.25) is 5.16 Å². The lowest BCUT2D eigenvalue weighted by Gasteiger charge is -2.03. The third-order valence-electron chi connectivity index (χ3n) is 2.27. The van der Waals surface area contributed by atoms with Crippen LogP contribution in [0.25, 0.3) is 0 Å². The fourth-order valence-electron chi connectivity index (χ4n) is 1.36. The number of nitrogens with zero attached hydrogens (tertiary/aromatic N) is 3. The Morgan fingerprint density at radius 3 is 2.94 bits per heavy atom. The number of nitrogens with two attached hydrogens (primary N) is 1. The molecule has 0 unspecified atom stereocenters. The number of nitrogen functional groups attached to an aromatic ring is 1. The summed E-state index contributed by atoms with van der Waals surface area (Å²) in [5.41, 5.74) is 7.04. The number of hydrogen-bond donors (Lipinski definition) is 2. The van der Waals surface area contributed by atoms with E-state index in [4.69, 9.17) is 5.73 Å². The smallest absolute Gasteiger partial charge is 0.269 e. The predicted molar refractivity (Wildman–Crippen MR) is 68.2 cm³/mol. The Kier molecular flexibility index (Phi) is 3.47. The van der Waals surface area contributed by atoms with Gasteiger partial charge in [0.15, 0.2) is 0 Å². The Morgan fingerprint density at radius 2 is 2.33 bits per heavy atom. The van der Waals surface area contributed by atoms with Crippen LogP contribution in [0.3, 0.4) is 0 Å². The third kappa shape index (κ3) is 2.77. The second kappa shape index (κ2) is 5.05. The summed E-state index contributed by atoms with van der Waals surface area (Å²) >= 11 is 1.37. The maximum Gasteiger partial charge on any atom is 0.269 e. The number of nitro groups is 1. The molecule has 1 aromatic carbocycles. The van der Waals surface area contributed by atoms with Crippen molar-refractivity contribution in [1.82, 2.24) is 15.2 Å². The minimum Gasteiger partial charge on any atom is -0.398 e. The number of nitro benzene ring substituents is 1. The highest BCUT2D eigenvalue weighted by atomic mass is 32.2. The van der Waals surface area contributed by atoms with E-state index in [-0.39, 0.29) is 5.69 Å². The summed E-state index contributed by atoms with van der Waals surface area (Å²) in [7, 11) is 0. The molecule has 0 atom stereocenters. The summed E-state index contributed by atoms with van der Waals surface area (Å²) in [5, 5.41) is 18.0. The number of anilines is 1. The molecule has 0 aliphatic rings. The average Bonchev–Trinajstić information content (AvgIpc) is 2.74. The fraction of sp³-hybridized carbons (Fsp3) is 0.200. The van der Waals surface area contributed by atoms with Crippen LogP contribution in [0, 0.1) is 17.0 Å². The highest BCUT2D eigenvalue weighted by molar-refractivity contribution is 7.98. The zero-order chi connectivity index (χ0) is 13.1. The quantitative estimate of drug-likeness (QED) is 0.378. The van der Waals surface area contributed by atoms with Crippen molar-refractivity contribution in [3.63, 3.8) is 0 Å². The number of benzene rings is 1. The van der Waals surface area contributed by atoms with E-state index in [1.165, 1.54) is 30.0 Å². The van der Waals surface area contributed by atoms with E-state index in [0.29, 0.717) is 22.2 Å². The van der Waals surface area contributed by atoms with Crippen molar-refractivity contribution in [2.75, 3.05) is 5.73 Å². The van der Waals surface area contributed by atoms with Crippen LogP contribution in [-0.4, -0.2) is 20.1 Å². The maximum absolute atomic E-state index is 10.7. The zero-order valence-electron chi connectivity index (χ0n) is 9.58. The molecule has 0 aliphatic heterocycles. The first-order valence-corrected chi connectivity index (χ1v) is 6.09. The minimum absolute atomic E-state index is 0.0333. The largest absolute Gasteiger partial charge is 0.398 e. The van der Waals surface area contributed by atoms with Gasteiger partial charge in [0.25, 0.3) is 5.69 Å². The second-order valence-electron chi connectivity index (χ2n) is 3.63. The number of thioether (sulfide) groups is 1. The van der Waals surface area contributed by atoms with Crippen LogP contribution in [0.5, 0.6) is 0 Å². The molecule has 1 aromatic heterocycles. The number of hydrogen-bond acceptors (Lipinski definition) is 6. The lowest BCUT2D eigenvalue weighted by Crippen LogP contribution is -1.96. The van der Waals surface area contributed by atoms with Crippen molar-refractivity contribution in [1.29, 1.82) is 0 Å². The van der Waals surface area contributed by atoms with Crippen LogP contribution < -0.4 is 5.73 Å². The van der Waals surface area contributed by atoms with E-state index in [1.54, 1.807) is 6.92 Å². The molecule has 0 saturated heterocycles. The molecule has 0 fully saturated rings. The number of non-ortho nitro benzene ring substituents is 1. The van der Waals surface area contributed by atoms with Crippen molar-refractivity contribution >= 4 is 23.1 Å². The first-order valence-electron chi connectivity index (χ1n) is 5.11. The topological polar surface area (TPSA) is 111 Å². The molecule has 0 radical (unpaired) electrons. The van der Waals surface area contributed by atoms with Gasteiger partial charge in [-0.3, -0.25) is 15.2 Å². The molecule has 8 heteroatoms. The Labute approximate surface area is 107 Å². The lowest BCUT2D eigenvalue weighted by atomic mass is 10.2. The summed E-state index contributed by atoms with van der Waals surface area (Å²) in [6.45, 7) is 1.80. The van der Waals surface area contributed by atoms with Crippen LogP contribution in [0.4, 0.5) is 11.4 Å². The number of aryl methyl sites for hydroxylation is 1.